The molecular weight excluding hydrogens is 300 g/mol. The van der Waals surface area contributed by atoms with Crippen molar-refractivity contribution in [3.05, 3.63) is 50.1 Å². The lowest BCUT2D eigenvalue weighted by Crippen LogP contribution is -2.02. The van der Waals surface area contributed by atoms with Crippen LogP contribution in [-0.2, 0) is 4.74 Å². The molecule has 118 valence electrons. The highest BCUT2D eigenvalue weighted by Gasteiger charge is 2.17. The van der Waals surface area contributed by atoms with Gasteiger partial charge in [-0.05, 0) is 17.9 Å². The van der Waals surface area contributed by atoms with E-state index >= 15 is 0 Å². The highest BCUT2D eigenvalue weighted by molar-refractivity contribution is 5.86. The second-order valence-corrected chi connectivity index (χ2v) is 3.73. The number of hydrogen-bond acceptors (Lipinski definition) is 8. The van der Waals surface area contributed by atoms with E-state index in [0.29, 0.717) is 5.82 Å². The molecule has 11 heteroatoms. The lowest BCUT2D eigenvalue weighted by Gasteiger charge is -1.95. The summed E-state index contributed by atoms with van der Waals surface area (Å²) in [6, 6.07) is 2.31. The zero-order chi connectivity index (χ0) is 16.7. The largest absolute Gasteiger partial charge is 0.460 e. The van der Waals surface area contributed by atoms with Gasteiger partial charge in [-0.1, -0.05) is 0 Å². The second kappa shape index (κ2) is 7.52. The molecule has 0 saturated carbocycles. The molecule has 0 aromatic carbocycles. The number of H-pyrrole nitrogens is 1. The van der Waals surface area contributed by atoms with Crippen LogP contribution in [0.4, 0.5) is 11.7 Å². The van der Waals surface area contributed by atoms with Crippen molar-refractivity contribution in [1.82, 2.24) is 9.97 Å². The topological polar surface area (TPSA) is 154 Å². The predicted molar refractivity (Wildman–Crippen MR) is 71.3 cm³/mol. The number of nitrogens with one attached hydrogen (secondary N) is 1. The summed E-state index contributed by atoms with van der Waals surface area (Å²) in [5.74, 6) is -0.832. The zero-order valence-corrected chi connectivity index (χ0v) is 11.6. The average molecular weight is 312 g/mol. The number of aromatic amines is 1. The minimum Gasteiger partial charge on any atom is -0.460 e. The van der Waals surface area contributed by atoms with Crippen molar-refractivity contribution in [2.45, 2.75) is 13.8 Å². The number of ether oxygens (including phenoxy) is 1. The first kappa shape index (κ1) is 16.8. The van der Waals surface area contributed by atoms with E-state index in [-0.39, 0.29) is 18.2 Å². The van der Waals surface area contributed by atoms with Crippen molar-refractivity contribution in [2.24, 2.45) is 0 Å². The van der Waals surface area contributed by atoms with Gasteiger partial charge in [0.15, 0.2) is 5.82 Å². The maximum atomic E-state index is 10.9. The Bertz CT molecular complexity index is 676. The van der Waals surface area contributed by atoms with Gasteiger partial charge in [0, 0.05) is 6.92 Å². The zero-order valence-electron chi connectivity index (χ0n) is 11.6. The third-order valence-corrected chi connectivity index (χ3v) is 2.13. The van der Waals surface area contributed by atoms with E-state index < -0.39 is 21.7 Å². The van der Waals surface area contributed by atoms with Gasteiger partial charge >= 0.3 is 17.7 Å². The van der Waals surface area contributed by atoms with Gasteiger partial charge in [-0.2, -0.15) is 0 Å². The fourth-order valence-corrected chi connectivity index (χ4v) is 1.24. The molecule has 2 aromatic rings. The molecule has 0 unspecified atom stereocenters. The summed E-state index contributed by atoms with van der Waals surface area (Å²) in [4.78, 5) is 35.9. The number of aromatic nitrogens is 2. The maximum absolute atomic E-state index is 10.9. The van der Waals surface area contributed by atoms with E-state index in [1.54, 1.807) is 13.8 Å². The van der Waals surface area contributed by atoms with Crippen LogP contribution >= 0.6 is 0 Å². The van der Waals surface area contributed by atoms with Gasteiger partial charge < -0.3 is 19.3 Å². The van der Waals surface area contributed by atoms with E-state index in [1.807, 2.05) is 0 Å². The van der Waals surface area contributed by atoms with Crippen LogP contribution in [0.1, 0.15) is 23.3 Å². The quantitative estimate of drug-likeness (QED) is 0.510. The molecule has 0 radical (unpaired) electrons. The molecule has 1 N–H and O–H groups in total. The number of hydrogen-bond donors (Lipinski definition) is 1. The Morgan fingerprint density at radius 3 is 2.41 bits per heavy atom. The van der Waals surface area contributed by atoms with Gasteiger partial charge in [-0.3, -0.25) is 10.1 Å². The molecule has 2 rings (SSSR count). The number of rotatable bonds is 4. The van der Waals surface area contributed by atoms with Crippen molar-refractivity contribution < 1.29 is 23.8 Å². The molecule has 0 aliphatic rings. The number of furan rings is 1. The summed E-state index contributed by atoms with van der Waals surface area (Å²) < 4.78 is 9.15. The van der Waals surface area contributed by atoms with Crippen LogP contribution in [-0.4, -0.2) is 32.4 Å². The Hall–Kier alpha value is -3.24. The number of carbonyl (C=O) groups is 1. The molecule has 0 amide bonds. The number of nitro groups is 2. The summed E-state index contributed by atoms with van der Waals surface area (Å²) in [5.41, 5.74) is 0. The Morgan fingerprint density at radius 1 is 1.36 bits per heavy atom. The number of carbonyl (C=O) groups excluding carboxylic acids is 1. The van der Waals surface area contributed by atoms with Gasteiger partial charge in [0.05, 0.1) is 12.7 Å². The molecule has 11 nitrogen and oxygen atoms in total. The van der Waals surface area contributed by atoms with Gasteiger partial charge in [0.2, 0.25) is 5.76 Å². The van der Waals surface area contributed by atoms with E-state index in [1.165, 1.54) is 12.3 Å². The van der Waals surface area contributed by atoms with Crippen molar-refractivity contribution in [3.63, 3.8) is 0 Å². The highest BCUT2D eigenvalue weighted by atomic mass is 16.7. The van der Waals surface area contributed by atoms with E-state index in [2.05, 4.69) is 19.1 Å². The van der Waals surface area contributed by atoms with Crippen molar-refractivity contribution >= 4 is 17.7 Å². The summed E-state index contributed by atoms with van der Waals surface area (Å²) in [6.07, 6.45) is 1.19. The summed E-state index contributed by atoms with van der Waals surface area (Å²) in [5, 5.41) is 20.1. The molecule has 0 atom stereocenters. The van der Waals surface area contributed by atoms with Crippen LogP contribution in [0.5, 0.6) is 0 Å². The van der Waals surface area contributed by atoms with E-state index in [0.717, 1.165) is 6.07 Å². The molecule has 22 heavy (non-hydrogen) atoms. The molecule has 2 aromatic heterocycles. The molecule has 0 aliphatic heterocycles. The van der Waals surface area contributed by atoms with Crippen LogP contribution in [0.3, 0.4) is 0 Å². The first-order valence-corrected chi connectivity index (χ1v) is 5.92. The molecule has 0 aliphatic carbocycles. The average Bonchev–Trinajstić information content (AvgIpc) is 3.08. The van der Waals surface area contributed by atoms with Crippen LogP contribution < -0.4 is 0 Å². The first-order chi connectivity index (χ1) is 10.3. The lowest BCUT2D eigenvalue weighted by molar-refractivity contribution is -0.402. The second-order valence-electron chi connectivity index (χ2n) is 3.73. The smallest absolute Gasteiger partial charge is 0.433 e. The van der Waals surface area contributed by atoms with Crippen LogP contribution in [0.2, 0.25) is 0 Å². The molecule has 0 bridgehead atoms. The van der Waals surface area contributed by atoms with Crippen LogP contribution in [0.15, 0.2) is 22.7 Å². The fourth-order valence-electron chi connectivity index (χ4n) is 1.24. The monoisotopic (exact) mass is 312 g/mol. The Balaban J connectivity index is 0.000000235. The van der Waals surface area contributed by atoms with E-state index in [4.69, 9.17) is 0 Å². The third kappa shape index (κ3) is 4.70. The van der Waals surface area contributed by atoms with Crippen LogP contribution in [0.25, 0.3) is 0 Å². The number of imidazole rings is 1. The summed E-state index contributed by atoms with van der Waals surface area (Å²) in [7, 11) is 0. The first-order valence-electron chi connectivity index (χ1n) is 5.92. The van der Waals surface area contributed by atoms with Gasteiger partial charge in [0.25, 0.3) is 0 Å². The minimum absolute atomic E-state index is 0.0625. The normalized spacial score (nSPS) is 9.55. The minimum atomic E-state index is -0.720. The molecule has 0 spiro atoms. The van der Waals surface area contributed by atoms with Gasteiger partial charge in [-0.25, -0.2) is 14.8 Å². The highest BCUT2D eigenvalue weighted by Crippen LogP contribution is 2.16. The SMILES string of the molecule is CCOC(=O)c1ccc([N+](=O)[O-])o1.Cc1ncc([N+](=O)[O-])[nH]1. The maximum Gasteiger partial charge on any atom is 0.433 e. The standard InChI is InChI=1S/C7H7NO5.C4H5N3O2/c1-2-12-7(9)5-3-4-6(13-5)8(10)11;1-3-5-2-4(6-3)7(8)9/h3-4H,2H2,1H3;2H,1H3,(H,5,6). The van der Waals surface area contributed by atoms with Crippen molar-refractivity contribution in [2.75, 3.05) is 6.61 Å². The van der Waals surface area contributed by atoms with Crippen LogP contribution in [0, 0.1) is 27.2 Å². The van der Waals surface area contributed by atoms with E-state index in [9.17, 15) is 25.0 Å². The number of nitrogens with zero attached hydrogens (tertiary/aromatic N) is 3. The molecule has 0 fully saturated rings. The van der Waals surface area contributed by atoms with Crippen molar-refractivity contribution in [1.29, 1.82) is 0 Å². The molecular formula is C11H12N4O7. The predicted octanol–water partition coefficient (Wildman–Crippen LogP) is 1.99. The number of aryl methyl sites for hydroxylation is 1. The molecule has 0 saturated heterocycles. The fraction of sp³-hybridized carbons (Fsp3) is 0.273. The molecule has 2 heterocycles. The van der Waals surface area contributed by atoms with Crippen molar-refractivity contribution in [3.8, 4) is 0 Å². The lowest BCUT2D eigenvalue weighted by atomic mass is 10.4. The Kier molecular flexibility index (Phi) is 5.75. The summed E-state index contributed by atoms with van der Waals surface area (Å²) >= 11 is 0. The Morgan fingerprint density at radius 2 is 2.05 bits per heavy atom. The van der Waals surface area contributed by atoms with Gasteiger partial charge in [0.1, 0.15) is 11.1 Å². The Labute approximate surface area is 123 Å². The third-order valence-electron chi connectivity index (χ3n) is 2.13. The summed E-state index contributed by atoms with van der Waals surface area (Å²) in [6.45, 7) is 3.50. The van der Waals surface area contributed by atoms with Gasteiger partial charge in [-0.15, -0.1) is 0 Å². The number of esters is 1.